The van der Waals surface area contributed by atoms with Crippen LogP contribution in [0.3, 0.4) is 0 Å². The van der Waals surface area contributed by atoms with Gasteiger partial charge in [-0.05, 0) is 24.6 Å². The third-order valence-corrected chi connectivity index (χ3v) is 3.16. The van der Waals surface area contributed by atoms with Gasteiger partial charge >= 0.3 is 0 Å². The minimum atomic E-state index is -0.201. The molecule has 0 unspecified atom stereocenters. The van der Waals surface area contributed by atoms with Crippen LogP contribution < -0.4 is 5.32 Å². The summed E-state index contributed by atoms with van der Waals surface area (Å²) in [5.41, 5.74) is 2.29. The molecule has 0 aliphatic carbocycles. The summed E-state index contributed by atoms with van der Waals surface area (Å²) in [5.74, 6) is -0.201. The maximum atomic E-state index is 13.6. The molecule has 0 saturated heterocycles. The summed E-state index contributed by atoms with van der Waals surface area (Å²) in [4.78, 5) is 0. The highest BCUT2D eigenvalue weighted by atomic mass is 19.1. The fourth-order valence-corrected chi connectivity index (χ4v) is 2.05. The molecule has 4 heteroatoms. The number of aromatic nitrogens is 1. The summed E-state index contributed by atoms with van der Waals surface area (Å²) in [6.45, 7) is 2.53. The summed E-state index contributed by atoms with van der Waals surface area (Å²) >= 11 is 0. The minimum absolute atomic E-state index is 0.0769. The van der Waals surface area contributed by atoms with E-state index in [1.807, 2.05) is 32.3 Å². The number of rotatable bonds is 4. The lowest BCUT2D eigenvalue weighted by Gasteiger charge is -2.14. The van der Waals surface area contributed by atoms with Gasteiger partial charge in [0.05, 0.1) is 0 Å². The Hall–Kier alpha value is -2.12. The summed E-state index contributed by atoms with van der Waals surface area (Å²) in [6.07, 6.45) is 1.90. The molecule has 1 atom stereocenters. The highest BCUT2D eigenvalue weighted by Gasteiger charge is 2.10. The number of nitrogens with zero attached hydrogens (tertiary/aromatic N) is 2. The van der Waals surface area contributed by atoms with E-state index in [0.29, 0.717) is 17.8 Å². The van der Waals surface area contributed by atoms with Crippen molar-refractivity contribution in [3.05, 3.63) is 59.2 Å². The first-order valence-corrected chi connectivity index (χ1v) is 6.15. The van der Waals surface area contributed by atoms with Gasteiger partial charge in [0.1, 0.15) is 17.6 Å². The first kappa shape index (κ1) is 13.3. The van der Waals surface area contributed by atoms with Gasteiger partial charge in [0.2, 0.25) is 0 Å². The van der Waals surface area contributed by atoms with Gasteiger partial charge in [0.15, 0.2) is 0 Å². The molecule has 0 aliphatic heterocycles. The number of aryl methyl sites for hydroxylation is 1. The molecule has 0 amide bonds. The third kappa shape index (κ3) is 3.01. The molecule has 0 spiro atoms. The lowest BCUT2D eigenvalue weighted by atomic mass is 10.1. The van der Waals surface area contributed by atoms with Crippen LogP contribution in [0.15, 0.2) is 36.5 Å². The Morgan fingerprint density at radius 1 is 1.42 bits per heavy atom. The van der Waals surface area contributed by atoms with Crippen molar-refractivity contribution < 1.29 is 4.39 Å². The van der Waals surface area contributed by atoms with E-state index in [1.165, 1.54) is 6.07 Å². The zero-order chi connectivity index (χ0) is 13.8. The van der Waals surface area contributed by atoms with Crippen LogP contribution in [0.25, 0.3) is 0 Å². The smallest absolute Gasteiger partial charge is 0.127 e. The number of nitriles is 1. The maximum absolute atomic E-state index is 13.6. The number of nitrogens with one attached hydrogen (secondary N) is 1. The Morgan fingerprint density at radius 2 is 2.16 bits per heavy atom. The van der Waals surface area contributed by atoms with Gasteiger partial charge in [0, 0.05) is 31.4 Å². The molecule has 1 aromatic carbocycles. The molecule has 2 aromatic rings. The van der Waals surface area contributed by atoms with Crippen LogP contribution in [-0.2, 0) is 13.6 Å². The van der Waals surface area contributed by atoms with Crippen molar-refractivity contribution in [2.24, 2.45) is 7.05 Å². The van der Waals surface area contributed by atoms with Crippen LogP contribution in [0.1, 0.15) is 29.8 Å². The lowest BCUT2D eigenvalue weighted by Crippen LogP contribution is -2.18. The van der Waals surface area contributed by atoms with Crippen molar-refractivity contribution in [2.75, 3.05) is 0 Å². The zero-order valence-electron chi connectivity index (χ0n) is 11.0. The van der Waals surface area contributed by atoms with Crippen molar-refractivity contribution in [1.29, 1.82) is 5.26 Å². The summed E-state index contributed by atoms with van der Waals surface area (Å²) < 4.78 is 15.4. The minimum Gasteiger partial charge on any atom is -0.342 e. The second kappa shape index (κ2) is 5.68. The highest BCUT2D eigenvalue weighted by molar-refractivity contribution is 5.28. The SMILES string of the molecule is C[C@@H](NCc1cc(C#N)n(C)c1)c1ccccc1F. The largest absolute Gasteiger partial charge is 0.342 e. The van der Waals surface area contributed by atoms with Gasteiger partial charge in [0.25, 0.3) is 0 Å². The summed E-state index contributed by atoms with van der Waals surface area (Å²) in [5, 5.41) is 12.1. The standard InChI is InChI=1S/C15H16FN3/c1-11(14-5-3-4-6-15(14)16)18-9-12-7-13(8-17)19(2)10-12/h3-7,10-11,18H,9H2,1-2H3/t11-/m1/s1. The van der Waals surface area contributed by atoms with Crippen LogP contribution in [-0.4, -0.2) is 4.57 Å². The van der Waals surface area contributed by atoms with Crippen LogP contribution >= 0.6 is 0 Å². The molecule has 0 bridgehead atoms. The van der Waals surface area contributed by atoms with Crippen LogP contribution in [0.4, 0.5) is 4.39 Å². The molecule has 0 radical (unpaired) electrons. The Labute approximate surface area is 112 Å². The van der Waals surface area contributed by atoms with E-state index in [9.17, 15) is 4.39 Å². The van der Waals surface area contributed by atoms with Gasteiger partial charge in [-0.1, -0.05) is 18.2 Å². The fourth-order valence-electron chi connectivity index (χ4n) is 2.05. The van der Waals surface area contributed by atoms with Crippen LogP contribution in [0, 0.1) is 17.1 Å². The van der Waals surface area contributed by atoms with Gasteiger partial charge in [-0.15, -0.1) is 0 Å². The Kier molecular flexibility index (Phi) is 3.98. The second-order valence-corrected chi connectivity index (χ2v) is 4.58. The highest BCUT2D eigenvalue weighted by Crippen LogP contribution is 2.17. The topological polar surface area (TPSA) is 40.8 Å². The summed E-state index contributed by atoms with van der Waals surface area (Å²) in [6, 6.07) is 10.6. The molecule has 98 valence electrons. The van der Waals surface area contributed by atoms with Crippen molar-refractivity contribution in [3.8, 4) is 6.07 Å². The second-order valence-electron chi connectivity index (χ2n) is 4.58. The van der Waals surface area contributed by atoms with Crippen molar-refractivity contribution in [2.45, 2.75) is 19.5 Å². The lowest BCUT2D eigenvalue weighted by molar-refractivity contribution is 0.528. The van der Waals surface area contributed by atoms with Crippen molar-refractivity contribution in [1.82, 2.24) is 9.88 Å². The van der Waals surface area contributed by atoms with Crippen molar-refractivity contribution >= 4 is 0 Å². The Balaban J connectivity index is 2.03. The average Bonchev–Trinajstić information content (AvgIpc) is 2.77. The van der Waals surface area contributed by atoms with Crippen LogP contribution in [0.2, 0.25) is 0 Å². The quantitative estimate of drug-likeness (QED) is 0.915. The molecule has 0 aliphatic rings. The van der Waals surface area contributed by atoms with E-state index < -0.39 is 0 Å². The monoisotopic (exact) mass is 257 g/mol. The fraction of sp³-hybridized carbons (Fsp3) is 0.267. The molecular weight excluding hydrogens is 241 g/mol. The molecule has 3 nitrogen and oxygen atoms in total. The average molecular weight is 257 g/mol. The van der Waals surface area contributed by atoms with E-state index in [4.69, 9.17) is 5.26 Å². The number of benzene rings is 1. The molecule has 1 heterocycles. The zero-order valence-corrected chi connectivity index (χ0v) is 11.0. The molecule has 1 N–H and O–H groups in total. The number of hydrogen-bond acceptors (Lipinski definition) is 2. The molecule has 2 rings (SSSR count). The van der Waals surface area contributed by atoms with E-state index in [2.05, 4.69) is 11.4 Å². The normalized spacial score (nSPS) is 12.1. The van der Waals surface area contributed by atoms with E-state index in [-0.39, 0.29) is 11.9 Å². The van der Waals surface area contributed by atoms with E-state index >= 15 is 0 Å². The maximum Gasteiger partial charge on any atom is 0.127 e. The molecule has 0 saturated carbocycles. The first-order valence-electron chi connectivity index (χ1n) is 6.15. The van der Waals surface area contributed by atoms with Crippen LogP contribution in [0.5, 0.6) is 0 Å². The number of halogens is 1. The Bertz CT molecular complexity index is 610. The van der Waals surface area contributed by atoms with Gasteiger partial charge in [-0.3, -0.25) is 0 Å². The van der Waals surface area contributed by atoms with Gasteiger partial charge in [-0.2, -0.15) is 5.26 Å². The molecule has 0 fully saturated rings. The first-order chi connectivity index (χ1) is 9.11. The van der Waals surface area contributed by atoms with Gasteiger partial charge < -0.3 is 9.88 Å². The number of hydrogen-bond donors (Lipinski definition) is 1. The molecule has 1 aromatic heterocycles. The molecular formula is C15H16FN3. The Morgan fingerprint density at radius 3 is 2.79 bits per heavy atom. The van der Waals surface area contributed by atoms with Crippen molar-refractivity contribution in [3.63, 3.8) is 0 Å². The molecule has 19 heavy (non-hydrogen) atoms. The van der Waals surface area contributed by atoms with E-state index in [0.717, 1.165) is 5.56 Å². The predicted molar refractivity (Wildman–Crippen MR) is 71.8 cm³/mol. The third-order valence-electron chi connectivity index (χ3n) is 3.16. The van der Waals surface area contributed by atoms with E-state index in [1.54, 1.807) is 16.7 Å². The summed E-state index contributed by atoms with van der Waals surface area (Å²) in [7, 11) is 1.84. The van der Waals surface area contributed by atoms with Gasteiger partial charge in [-0.25, -0.2) is 4.39 Å². The predicted octanol–water partition coefficient (Wildman–Crippen LogP) is 2.89.